The first-order valence-electron chi connectivity index (χ1n) is 6.70. The van der Waals surface area contributed by atoms with E-state index in [0.717, 1.165) is 10.1 Å². The van der Waals surface area contributed by atoms with E-state index in [0.29, 0.717) is 16.6 Å². The molecule has 1 aromatic heterocycles. The lowest BCUT2D eigenvalue weighted by molar-refractivity contribution is -0.122. The van der Waals surface area contributed by atoms with Gasteiger partial charge in [-0.15, -0.1) is 10.2 Å². The highest BCUT2D eigenvalue weighted by molar-refractivity contribution is 8.01. The van der Waals surface area contributed by atoms with E-state index >= 15 is 0 Å². The number of carbonyl (C=O) groups excluding carboxylic acids is 1. The fourth-order valence-corrected chi connectivity index (χ4v) is 3.23. The summed E-state index contributed by atoms with van der Waals surface area (Å²) in [5, 5.41) is 11.1. The first-order valence-corrected chi connectivity index (χ1v) is 8.50. The summed E-state index contributed by atoms with van der Waals surface area (Å²) in [7, 11) is 1.58. The highest BCUT2D eigenvalue weighted by Crippen LogP contribution is 2.25. The van der Waals surface area contributed by atoms with Crippen molar-refractivity contribution in [1.29, 1.82) is 0 Å². The van der Waals surface area contributed by atoms with Gasteiger partial charge in [0, 0.05) is 6.07 Å². The van der Waals surface area contributed by atoms with Gasteiger partial charge >= 0.3 is 0 Å². The Bertz CT molecular complexity index is 633. The molecule has 8 heteroatoms. The molecular weight excluding hydrogens is 322 g/mol. The van der Waals surface area contributed by atoms with E-state index in [1.165, 1.54) is 11.3 Å². The number of anilines is 1. The summed E-state index contributed by atoms with van der Waals surface area (Å²) < 4.78 is 11.6. The minimum Gasteiger partial charge on any atom is -0.497 e. The Morgan fingerprint density at radius 3 is 2.91 bits per heavy atom. The number of nitrogens with one attached hydrogen (secondary N) is 1. The number of rotatable bonds is 7. The lowest BCUT2D eigenvalue weighted by Crippen LogP contribution is -2.30. The zero-order chi connectivity index (χ0) is 15.9. The zero-order valence-electron chi connectivity index (χ0n) is 12.5. The molecule has 0 saturated carbocycles. The normalized spacial score (nSPS) is 11.8. The van der Waals surface area contributed by atoms with Gasteiger partial charge in [0.25, 0.3) is 5.91 Å². The van der Waals surface area contributed by atoms with Crippen molar-refractivity contribution in [2.75, 3.05) is 18.2 Å². The van der Waals surface area contributed by atoms with Gasteiger partial charge in [0.2, 0.25) is 5.13 Å². The van der Waals surface area contributed by atoms with Crippen molar-refractivity contribution in [2.45, 2.75) is 24.3 Å². The van der Waals surface area contributed by atoms with Crippen LogP contribution in [0.3, 0.4) is 0 Å². The molecule has 0 aliphatic rings. The number of ether oxygens (including phenoxy) is 2. The average Bonchev–Trinajstić information content (AvgIpc) is 2.95. The fraction of sp³-hybridized carbons (Fsp3) is 0.357. The van der Waals surface area contributed by atoms with Crippen LogP contribution in [0.15, 0.2) is 28.6 Å². The van der Waals surface area contributed by atoms with Crippen LogP contribution in [0.2, 0.25) is 0 Å². The number of benzene rings is 1. The van der Waals surface area contributed by atoms with Crippen molar-refractivity contribution in [3.63, 3.8) is 0 Å². The van der Waals surface area contributed by atoms with Gasteiger partial charge in [-0.05, 0) is 24.8 Å². The van der Waals surface area contributed by atoms with Crippen LogP contribution in [-0.2, 0) is 4.79 Å². The lowest BCUT2D eigenvalue weighted by atomic mass is 10.3. The SMILES string of the molecule is CCSc1nnc(NC(=O)[C@@H](C)Oc2cccc(OC)c2)s1. The smallest absolute Gasteiger partial charge is 0.266 e. The van der Waals surface area contributed by atoms with E-state index in [4.69, 9.17) is 9.47 Å². The summed E-state index contributed by atoms with van der Waals surface area (Å²) >= 11 is 2.94. The van der Waals surface area contributed by atoms with Gasteiger partial charge in [0.1, 0.15) is 11.5 Å². The summed E-state index contributed by atoms with van der Waals surface area (Å²) in [6, 6.07) is 7.11. The maximum absolute atomic E-state index is 12.1. The number of carbonyl (C=O) groups is 1. The minimum absolute atomic E-state index is 0.271. The Morgan fingerprint density at radius 2 is 2.18 bits per heavy atom. The lowest BCUT2D eigenvalue weighted by Gasteiger charge is -2.14. The molecule has 118 valence electrons. The standard InChI is InChI=1S/C14H17N3O3S2/c1-4-21-14-17-16-13(22-14)15-12(18)9(2)20-11-7-5-6-10(8-11)19-3/h5-9H,4H2,1-3H3,(H,15,16,18)/t9-/m1/s1. The summed E-state index contributed by atoms with van der Waals surface area (Å²) in [5.41, 5.74) is 0. The average molecular weight is 339 g/mol. The van der Waals surface area contributed by atoms with Crippen LogP contribution in [0, 0.1) is 0 Å². The molecular formula is C14H17N3O3S2. The Kier molecular flexibility index (Phi) is 6.02. The molecule has 1 N–H and O–H groups in total. The van der Waals surface area contributed by atoms with Crippen LogP contribution in [0.25, 0.3) is 0 Å². The Balaban J connectivity index is 1.93. The maximum atomic E-state index is 12.1. The Labute approximate surface area is 137 Å². The highest BCUT2D eigenvalue weighted by Gasteiger charge is 2.17. The van der Waals surface area contributed by atoms with Crippen molar-refractivity contribution in [2.24, 2.45) is 0 Å². The zero-order valence-corrected chi connectivity index (χ0v) is 14.2. The third-order valence-corrected chi connectivity index (χ3v) is 4.48. The van der Waals surface area contributed by atoms with Gasteiger partial charge in [-0.2, -0.15) is 0 Å². The predicted molar refractivity (Wildman–Crippen MR) is 88.0 cm³/mol. The van der Waals surface area contributed by atoms with E-state index in [-0.39, 0.29) is 5.91 Å². The molecule has 0 aliphatic heterocycles. The second-order valence-corrected chi connectivity index (χ2v) is 6.72. The third-order valence-electron chi connectivity index (χ3n) is 2.63. The van der Waals surface area contributed by atoms with Gasteiger partial charge in [-0.3, -0.25) is 10.1 Å². The van der Waals surface area contributed by atoms with E-state index < -0.39 is 6.10 Å². The van der Waals surface area contributed by atoms with Crippen molar-refractivity contribution < 1.29 is 14.3 Å². The van der Waals surface area contributed by atoms with Crippen molar-refractivity contribution in [3.05, 3.63) is 24.3 Å². The molecule has 0 bridgehead atoms. The van der Waals surface area contributed by atoms with Gasteiger partial charge in [-0.25, -0.2) is 0 Å². The fourth-order valence-electron chi connectivity index (χ4n) is 1.58. The quantitative estimate of drug-likeness (QED) is 0.617. The molecule has 1 aromatic carbocycles. The van der Waals surface area contributed by atoms with Crippen LogP contribution in [0.4, 0.5) is 5.13 Å². The number of methoxy groups -OCH3 is 1. The largest absolute Gasteiger partial charge is 0.497 e. The van der Waals surface area contributed by atoms with Crippen LogP contribution in [0.5, 0.6) is 11.5 Å². The molecule has 6 nitrogen and oxygen atoms in total. The van der Waals surface area contributed by atoms with E-state index in [1.807, 2.05) is 13.0 Å². The Morgan fingerprint density at radius 1 is 1.41 bits per heavy atom. The molecule has 0 aliphatic carbocycles. The molecule has 0 radical (unpaired) electrons. The number of thioether (sulfide) groups is 1. The monoisotopic (exact) mass is 339 g/mol. The number of hydrogen-bond donors (Lipinski definition) is 1. The number of amides is 1. The summed E-state index contributed by atoms with van der Waals surface area (Å²) in [6.07, 6.45) is -0.654. The summed E-state index contributed by atoms with van der Waals surface area (Å²) in [6.45, 7) is 3.71. The van der Waals surface area contributed by atoms with Gasteiger partial charge < -0.3 is 9.47 Å². The molecule has 2 rings (SSSR count). The topological polar surface area (TPSA) is 73.3 Å². The van der Waals surface area contributed by atoms with Crippen LogP contribution in [-0.4, -0.2) is 35.1 Å². The van der Waals surface area contributed by atoms with Gasteiger partial charge in [0.15, 0.2) is 10.4 Å². The number of hydrogen-bond acceptors (Lipinski definition) is 7. The number of nitrogens with zero attached hydrogens (tertiary/aromatic N) is 2. The minimum atomic E-state index is -0.654. The third kappa shape index (κ3) is 4.60. The van der Waals surface area contributed by atoms with Crippen LogP contribution < -0.4 is 14.8 Å². The van der Waals surface area contributed by atoms with Gasteiger partial charge in [-0.1, -0.05) is 36.1 Å². The molecule has 0 spiro atoms. The summed E-state index contributed by atoms with van der Waals surface area (Å²) in [5.74, 6) is 1.89. The van der Waals surface area contributed by atoms with E-state index in [9.17, 15) is 4.79 Å². The molecule has 0 unspecified atom stereocenters. The van der Waals surface area contributed by atoms with Crippen LogP contribution in [0.1, 0.15) is 13.8 Å². The van der Waals surface area contributed by atoms with Crippen molar-refractivity contribution in [3.8, 4) is 11.5 Å². The second kappa shape index (κ2) is 8.00. The molecule has 22 heavy (non-hydrogen) atoms. The molecule has 1 amide bonds. The van der Waals surface area contributed by atoms with Crippen LogP contribution >= 0.6 is 23.1 Å². The molecule has 2 aromatic rings. The summed E-state index contributed by atoms with van der Waals surface area (Å²) in [4.78, 5) is 12.1. The van der Waals surface area contributed by atoms with Gasteiger partial charge in [0.05, 0.1) is 7.11 Å². The predicted octanol–water partition coefficient (Wildman–Crippen LogP) is 3.06. The Hall–Kier alpha value is -1.80. The van der Waals surface area contributed by atoms with E-state index in [2.05, 4.69) is 15.5 Å². The van der Waals surface area contributed by atoms with Crippen molar-refractivity contribution in [1.82, 2.24) is 10.2 Å². The highest BCUT2D eigenvalue weighted by atomic mass is 32.2. The maximum Gasteiger partial charge on any atom is 0.266 e. The second-order valence-electron chi connectivity index (χ2n) is 4.23. The van der Waals surface area contributed by atoms with Crippen molar-refractivity contribution >= 4 is 34.1 Å². The molecule has 0 fully saturated rings. The number of aromatic nitrogens is 2. The first-order chi connectivity index (χ1) is 10.6. The molecule has 1 heterocycles. The molecule has 0 saturated heterocycles. The molecule has 1 atom stereocenters. The first kappa shape index (κ1) is 16.6. The van der Waals surface area contributed by atoms with E-state index in [1.54, 1.807) is 44.0 Å².